The maximum absolute atomic E-state index is 4.47. The normalized spacial score (nSPS) is 23.4. The largest absolute Gasteiger partial charge is 0.305 e. The molecule has 1 aromatic heterocycles. The van der Waals surface area contributed by atoms with Gasteiger partial charge < -0.3 is 5.32 Å². The topological polar surface area (TPSA) is 24.9 Å². The van der Waals surface area contributed by atoms with E-state index in [1.54, 1.807) is 11.3 Å². The van der Waals surface area contributed by atoms with Crippen molar-refractivity contribution in [3.8, 4) is 0 Å². The minimum atomic E-state index is 0.372. The van der Waals surface area contributed by atoms with Gasteiger partial charge in [0.15, 0.2) is 0 Å². The average Bonchev–Trinajstić information content (AvgIpc) is 2.81. The van der Waals surface area contributed by atoms with Crippen LogP contribution >= 0.6 is 11.3 Å². The molecule has 2 aromatic rings. The Morgan fingerprint density at radius 1 is 1.25 bits per heavy atom. The lowest BCUT2D eigenvalue weighted by atomic mass is 9.74. The van der Waals surface area contributed by atoms with E-state index in [4.69, 9.17) is 0 Å². The van der Waals surface area contributed by atoms with Gasteiger partial charge in [-0.25, -0.2) is 4.98 Å². The Balaban J connectivity index is 1.55. The molecule has 1 aliphatic carbocycles. The maximum Gasteiger partial charge on any atom is 0.109 e. The zero-order valence-electron chi connectivity index (χ0n) is 12.4. The van der Waals surface area contributed by atoms with E-state index in [-0.39, 0.29) is 0 Å². The zero-order chi connectivity index (χ0) is 14.1. The lowest BCUT2D eigenvalue weighted by Crippen LogP contribution is -2.41. The smallest absolute Gasteiger partial charge is 0.109 e. The third-order valence-corrected chi connectivity index (χ3v) is 5.36. The molecule has 0 bridgehead atoms. The van der Waals surface area contributed by atoms with Crippen LogP contribution in [0.3, 0.4) is 0 Å². The standard InChI is InChI=1S/C17H22N2S/c1-11-6-4-5-7-16(11)14-8-15(9-14)19-13(3)17-18-10-12(2)20-17/h4-7,10,13-15,19H,8-9H2,1-3H3. The molecule has 0 aliphatic heterocycles. The van der Waals surface area contributed by atoms with Crippen molar-refractivity contribution in [3.05, 3.63) is 51.5 Å². The first-order chi connectivity index (χ1) is 9.63. The van der Waals surface area contributed by atoms with Crippen LogP contribution in [0.15, 0.2) is 30.5 Å². The molecule has 3 rings (SSSR count). The van der Waals surface area contributed by atoms with Gasteiger partial charge in [0, 0.05) is 17.1 Å². The van der Waals surface area contributed by atoms with E-state index >= 15 is 0 Å². The fourth-order valence-electron chi connectivity index (χ4n) is 3.05. The number of benzene rings is 1. The van der Waals surface area contributed by atoms with E-state index < -0.39 is 0 Å². The van der Waals surface area contributed by atoms with Gasteiger partial charge in [-0.3, -0.25) is 0 Å². The van der Waals surface area contributed by atoms with Gasteiger partial charge in [-0.1, -0.05) is 24.3 Å². The molecule has 1 atom stereocenters. The van der Waals surface area contributed by atoms with Crippen LogP contribution in [0.5, 0.6) is 0 Å². The first kappa shape index (κ1) is 13.8. The number of thiazole rings is 1. The summed E-state index contributed by atoms with van der Waals surface area (Å²) in [6, 6.07) is 9.79. The summed E-state index contributed by atoms with van der Waals surface area (Å²) < 4.78 is 0. The molecule has 1 aliphatic rings. The van der Waals surface area contributed by atoms with Crippen molar-refractivity contribution in [1.29, 1.82) is 0 Å². The fourth-order valence-corrected chi connectivity index (χ4v) is 3.84. The summed E-state index contributed by atoms with van der Waals surface area (Å²) in [4.78, 5) is 5.77. The number of aromatic nitrogens is 1. The van der Waals surface area contributed by atoms with Crippen molar-refractivity contribution in [2.45, 2.75) is 51.6 Å². The zero-order valence-corrected chi connectivity index (χ0v) is 13.2. The van der Waals surface area contributed by atoms with Crippen molar-refractivity contribution < 1.29 is 0 Å². The Morgan fingerprint density at radius 3 is 2.65 bits per heavy atom. The Labute approximate surface area is 125 Å². The third kappa shape index (κ3) is 2.79. The molecule has 2 nitrogen and oxygen atoms in total. The summed E-state index contributed by atoms with van der Waals surface area (Å²) >= 11 is 1.80. The summed E-state index contributed by atoms with van der Waals surface area (Å²) in [6.07, 6.45) is 4.47. The quantitative estimate of drug-likeness (QED) is 0.903. The minimum Gasteiger partial charge on any atom is -0.305 e. The molecule has 1 N–H and O–H groups in total. The highest BCUT2D eigenvalue weighted by atomic mass is 32.1. The number of hydrogen-bond acceptors (Lipinski definition) is 3. The van der Waals surface area contributed by atoms with Crippen LogP contribution in [0.4, 0.5) is 0 Å². The summed E-state index contributed by atoms with van der Waals surface area (Å²) in [5.41, 5.74) is 2.96. The molecule has 1 aromatic carbocycles. The average molecular weight is 286 g/mol. The Kier molecular flexibility index (Phi) is 3.90. The van der Waals surface area contributed by atoms with Crippen LogP contribution in [0.2, 0.25) is 0 Å². The molecular formula is C17H22N2S. The van der Waals surface area contributed by atoms with Gasteiger partial charge in [0.2, 0.25) is 0 Å². The van der Waals surface area contributed by atoms with Crippen molar-refractivity contribution in [2.75, 3.05) is 0 Å². The van der Waals surface area contributed by atoms with Crippen LogP contribution in [0.25, 0.3) is 0 Å². The summed E-state index contributed by atoms with van der Waals surface area (Å²) in [7, 11) is 0. The number of aryl methyl sites for hydroxylation is 2. The molecule has 0 radical (unpaired) electrons. The van der Waals surface area contributed by atoms with Gasteiger partial charge in [-0.05, 0) is 50.7 Å². The van der Waals surface area contributed by atoms with Gasteiger partial charge in [-0.15, -0.1) is 11.3 Å². The second kappa shape index (κ2) is 5.66. The second-order valence-corrected chi connectivity index (χ2v) is 7.19. The summed E-state index contributed by atoms with van der Waals surface area (Å²) in [5, 5.41) is 4.92. The van der Waals surface area contributed by atoms with E-state index in [0.717, 1.165) is 5.92 Å². The van der Waals surface area contributed by atoms with Crippen molar-refractivity contribution in [1.82, 2.24) is 10.3 Å². The SMILES string of the molecule is Cc1cnc(C(C)NC2CC(c3ccccc3C)C2)s1. The van der Waals surface area contributed by atoms with E-state index in [1.165, 1.54) is 33.9 Å². The van der Waals surface area contributed by atoms with Crippen LogP contribution < -0.4 is 5.32 Å². The molecule has 20 heavy (non-hydrogen) atoms. The van der Waals surface area contributed by atoms with Gasteiger partial charge in [-0.2, -0.15) is 0 Å². The molecule has 1 fully saturated rings. The van der Waals surface area contributed by atoms with Gasteiger partial charge in [0.05, 0.1) is 6.04 Å². The van der Waals surface area contributed by atoms with E-state index in [2.05, 4.69) is 55.3 Å². The van der Waals surface area contributed by atoms with Gasteiger partial charge in [0.25, 0.3) is 0 Å². The van der Waals surface area contributed by atoms with Crippen LogP contribution in [-0.4, -0.2) is 11.0 Å². The Bertz CT molecular complexity index is 584. The van der Waals surface area contributed by atoms with Crippen molar-refractivity contribution >= 4 is 11.3 Å². The van der Waals surface area contributed by atoms with Crippen LogP contribution in [-0.2, 0) is 0 Å². The Morgan fingerprint density at radius 2 is 2.00 bits per heavy atom. The van der Waals surface area contributed by atoms with E-state index in [0.29, 0.717) is 12.1 Å². The van der Waals surface area contributed by atoms with E-state index in [9.17, 15) is 0 Å². The lowest BCUT2D eigenvalue weighted by Gasteiger charge is -2.38. The molecule has 1 unspecified atom stereocenters. The number of nitrogens with one attached hydrogen (secondary N) is 1. The van der Waals surface area contributed by atoms with Crippen molar-refractivity contribution in [2.24, 2.45) is 0 Å². The predicted octanol–water partition coefficient (Wildman–Crippen LogP) is 4.36. The third-order valence-electron chi connectivity index (χ3n) is 4.26. The molecule has 0 saturated heterocycles. The molecule has 1 heterocycles. The lowest BCUT2D eigenvalue weighted by molar-refractivity contribution is 0.270. The first-order valence-corrected chi connectivity index (χ1v) is 8.19. The Hall–Kier alpha value is -1.19. The highest BCUT2D eigenvalue weighted by molar-refractivity contribution is 7.11. The first-order valence-electron chi connectivity index (χ1n) is 7.37. The summed E-state index contributed by atoms with van der Waals surface area (Å²) in [5.74, 6) is 0.735. The van der Waals surface area contributed by atoms with Crippen LogP contribution in [0.1, 0.15) is 52.7 Å². The molecule has 106 valence electrons. The molecule has 0 amide bonds. The summed E-state index contributed by atoms with van der Waals surface area (Å²) in [6.45, 7) is 6.56. The molecule has 1 saturated carbocycles. The number of nitrogens with zero attached hydrogens (tertiary/aromatic N) is 1. The van der Waals surface area contributed by atoms with E-state index in [1.807, 2.05) is 6.20 Å². The predicted molar refractivity (Wildman–Crippen MR) is 85.3 cm³/mol. The molecule has 0 spiro atoms. The maximum atomic E-state index is 4.47. The van der Waals surface area contributed by atoms with Crippen LogP contribution in [0, 0.1) is 13.8 Å². The number of hydrogen-bond donors (Lipinski definition) is 1. The molecule has 3 heteroatoms. The highest BCUT2D eigenvalue weighted by Gasteiger charge is 2.32. The fraction of sp³-hybridized carbons (Fsp3) is 0.471. The second-order valence-electron chi connectivity index (χ2n) is 5.92. The monoisotopic (exact) mass is 286 g/mol. The number of rotatable bonds is 4. The van der Waals surface area contributed by atoms with Crippen molar-refractivity contribution in [3.63, 3.8) is 0 Å². The van der Waals surface area contributed by atoms with Gasteiger partial charge in [0.1, 0.15) is 5.01 Å². The minimum absolute atomic E-state index is 0.372. The van der Waals surface area contributed by atoms with Gasteiger partial charge >= 0.3 is 0 Å². The molecular weight excluding hydrogens is 264 g/mol. The highest BCUT2D eigenvalue weighted by Crippen LogP contribution is 2.39.